The molecule has 1 aliphatic rings. The molecular weight excluding hydrogens is 330 g/mol. The van der Waals surface area contributed by atoms with Crippen LogP contribution in [0.1, 0.15) is 26.2 Å². The van der Waals surface area contributed by atoms with E-state index in [1.54, 1.807) is 6.20 Å². The molecule has 8 nitrogen and oxygen atoms in total. The van der Waals surface area contributed by atoms with Gasteiger partial charge in [-0.05, 0) is 25.0 Å². The fourth-order valence-corrected chi connectivity index (χ4v) is 1.74. The van der Waals surface area contributed by atoms with Crippen LogP contribution < -0.4 is 22.0 Å². The van der Waals surface area contributed by atoms with Gasteiger partial charge in [-0.25, -0.2) is 0 Å². The highest BCUT2D eigenvalue weighted by Crippen LogP contribution is 1.99. The molecule has 0 atom stereocenters. The Balaban J connectivity index is 0.000000426. The summed E-state index contributed by atoms with van der Waals surface area (Å²) in [5.41, 5.74) is 5.85. The summed E-state index contributed by atoms with van der Waals surface area (Å²) in [6.45, 7) is 4.35. The second kappa shape index (κ2) is 13.6. The van der Waals surface area contributed by atoms with Crippen LogP contribution in [0.2, 0.25) is 0 Å². The quantitative estimate of drug-likeness (QED) is 0.230. The highest BCUT2D eigenvalue weighted by Gasteiger charge is 2.25. The van der Waals surface area contributed by atoms with Crippen molar-refractivity contribution in [1.82, 2.24) is 15.6 Å². The van der Waals surface area contributed by atoms with Gasteiger partial charge in [-0.2, -0.15) is 0 Å². The van der Waals surface area contributed by atoms with Crippen molar-refractivity contribution in [3.8, 4) is 0 Å². The molecule has 1 saturated heterocycles. The van der Waals surface area contributed by atoms with Crippen LogP contribution in [0, 0.1) is 10.8 Å². The highest BCUT2D eigenvalue weighted by atomic mass is 35.5. The maximum Gasteiger partial charge on any atom is 0.513 e. The first-order chi connectivity index (χ1) is 11.1. The molecule has 1 aromatic rings. The Labute approximate surface area is 149 Å². The van der Waals surface area contributed by atoms with Crippen molar-refractivity contribution in [3.05, 3.63) is 24.4 Å². The summed E-state index contributed by atoms with van der Waals surface area (Å²) < 4.78 is 10.8. The van der Waals surface area contributed by atoms with E-state index in [4.69, 9.17) is 25.9 Å². The number of nitrogens with two attached hydrogens (primary N) is 1. The molecule has 0 radical (unpaired) electrons. The normalized spacial score (nSPS) is 13.0. The molecule has 1 fully saturated rings. The monoisotopic (exact) mass is 356 g/mol. The molecular formula is C14H26BClN6O2. The molecule has 0 unspecified atom stereocenters. The summed E-state index contributed by atoms with van der Waals surface area (Å²) in [6.07, 6.45) is 4.82. The molecule has 0 bridgehead atoms. The summed E-state index contributed by atoms with van der Waals surface area (Å²) in [4.78, 5) is 4.15. The Kier molecular flexibility index (Phi) is 12.6. The van der Waals surface area contributed by atoms with Crippen LogP contribution in [0.15, 0.2) is 24.4 Å². The van der Waals surface area contributed by atoms with E-state index < -0.39 is 0 Å². The zero-order chi connectivity index (χ0) is 16.9. The largest absolute Gasteiger partial charge is 0.513 e. The van der Waals surface area contributed by atoms with Crippen LogP contribution in [-0.2, 0) is 9.31 Å². The van der Waals surface area contributed by atoms with Gasteiger partial charge in [0.2, 0.25) is 0 Å². The average Bonchev–Trinajstić information content (AvgIpc) is 2.57. The molecule has 2 rings (SSSR count). The zero-order valence-corrected chi connectivity index (χ0v) is 14.7. The lowest BCUT2D eigenvalue weighted by molar-refractivity contribution is 0.143. The fraction of sp³-hybridized carbons (Fsp3) is 0.500. The molecule has 0 saturated carbocycles. The van der Waals surface area contributed by atoms with Crippen LogP contribution in [-0.4, -0.2) is 43.8 Å². The Morgan fingerprint density at radius 1 is 1.33 bits per heavy atom. The molecule has 0 spiro atoms. The molecule has 0 amide bonds. The second-order valence-electron chi connectivity index (χ2n) is 4.88. The third kappa shape index (κ3) is 10.0. The van der Waals surface area contributed by atoms with Crippen LogP contribution in [0.5, 0.6) is 0 Å². The maximum atomic E-state index is 7.15. The average molecular weight is 357 g/mol. The van der Waals surface area contributed by atoms with E-state index in [2.05, 4.69) is 22.5 Å². The number of hydrogen-bond donors (Lipinski definition) is 5. The number of rotatable bonds is 4. The predicted molar refractivity (Wildman–Crippen MR) is 99.1 cm³/mol. The third-order valence-electron chi connectivity index (χ3n) is 2.85. The van der Waals surface area contributed by atoms with E-state index in [1.165, 1.54) is 0 Å². The number of pyridine rings is 1. The molecule has 134 valence electrons. The van der Waals surface area contributed by atoms with Gasteiger partial charge in [-0.15, -0.1) is 12.4 Å². The van der Waals surface area contributed by atoms with Crippen LogP contribution >= 0.6 is 12.4 Å². The first-order valence-corrected chi connectivity index (χ1v) is 7.71. The lowest BCUT2D eigenvalue weighted by atomic mass is 9.83. The van der Waals surface area contributed by atoms with Crippen molar-refractivity contribution >= 4 is 37.0 Å². The van der Waals surface area contributed by atoms with Crippen LogP contribution in [0.25, 0.3) is 0 Å². The number of guanidine groups is 2. The molecule has 1 aromatic heterocycles. The molecule has 2 heterocycles. The number of halogens is 1. The van der Waals surface area contributed by atoms with E-state index in [0.717, 1.165) is 44.6 Å². The topological polar surface area (TPSA) is 129 Å². The highest BCUT2D eigenvalue weighted by molar-refractivity contribution is 6.60. The van der Waals surface area contributed by atoms with E-state index in [9.17, 15) is 0 Å². The Morgan fingerprint density at radius 2 is 2.04 bits per heavy atom. The van der Waals surface area contributed by atoms with Gasteiger partial charge in [0.1, 0.15) is 0 Å². The van der Waals surface area contributed by atoms with Crippen molar-refractivity contribution in [2.45, 2.75) is 26.2 Å². The lowest BCUT2D eigenvalue weighted by Crippen LogP contribution is -2.43. The fourth-order valence-electron chi connectivity index (χ4n) is 1.74. The van der Waals surface area contributed by atoms with Gasteiger partial charge in [-0.3, -0.25) is 21.1 Å². The Morgan fingerprint density at radius 3 is 2.58 bits per heavy atom. The zero-order valence-electron chi connectivity index (χ0n) is 13.9. The van der Waals surface area contributed by atoms with Crippen molar-refractivity contribution < 1.29 is 9.31 Å². The minimum Gasteiger partial charge on any atom is -0.406 e. The van der Waals surface area contributed by atoms with Crippen LogP contribution in [0.3, 0.4) is 0 Å². The van der Waals surface area contributed by atoms with Crippen molar-refractivity contribution in [2.24, 2.45) is 5.73 Å². The SMILES string of the molecule is CCCCNC(=N)NC(=N)N.Cl.c1ccc(B2OCCCO2)nc1. The minimum absolute atomic E-state index is 0. The number of hydrogen-bond acceptors (Lipinski definition) is 5. The second-order valence-corrected chi connectivity index (χ2v) is 4.88. The van der Waals surface area contributed by atoms with Gasteiger partial charge in [0.25, 0.3) is 0 Å². The van der Waals surface area contributed by atoms with Crippen molar-refractivity contribution in [2.75, 3.05) is 19.8 Å². The number of aromatic nitrogens is 1. The molecule has 0 aliphatic carbocycles. The summed E-state index contributed by atoms with van der Waals surface area (Å²) in [6, 6.07) is 5.73. The van der Waals surface area contributed by atoms with E-state index >= 15 is 0 Å². The molecule has 10 heteroatoms. The van der Waals surface area contributed by atoms with Gasteiger partial charge in [0.05, 0.1) is 5.59 Å². The van der Waals surface area contributed by atoms with Gasteiger partial charge in [0.15, 0.2) is 11.9 Å². The van der Waals surface area contributed by atoms with Crippen molar-refractivity contribution in [3.63, 3.8) is 0 Å². The smallest absolute Gasteiger partial charge is 0.406 e. The number of nitrogens with one attached hydrogen (secondary N) is 4. The first-order valence-electron chi connectivity index (χ1n) is 7.71. The molecule has 0 aromatic carbocycles. The summed E-state index contributed by atoms with van der Waals surface area (Å²) in [5.74, 6) is -0.120. The molecule has 6 N–H and O–H groups in total. The maximum absolute atomic E-state index is 7.15. The van der Waals surface area contributed by atoms with E-state index in [1.807, 2.05) is 18.2 Å². The standard InChI is InChI=1S/C8H10BNO2.C6H15N5.ClH/c1-2-5-10-8(4-1)9-11-6-3-7-12-9;1-2-3-4-10-6(9)11-5(7)8;/h1-2,4-5H,3,6-7H2;2-4H2,1H3,(H6,7,8,9,10,11);1H. The van der Waals surface area contributed by atoms with Crippen LogP contribution in [0.4, 0.5) is 0 Å². The minimum atomic E-state index is -0.250. The Hall–Kier alpha value is -1.84. The van der Waals surface area contributed by atoms with Gasteiger partial charge >= 0.3 is 7.12 Å². The number of nitrogens with zero attached hydrogens (tertiary/aromatic N) is 1. The predicted octanol–water partition coefficient (Wildman–Crippen LogP) is 0.429. The van der Waals surface area contributed by atoms with E-state index in [0.29, 0.717) is 0 Å². The Bertz CT molecular complexity index is 474. The summed E-state index contributed by atoms with van der Waals surface area (Å²) >= 11 is 0. The molecule has 1 aliphatic heterocycles. The van der Waals surface area contributed by atoms with E-state index in [-0.39, 0.29) is 31.4 Å². The van der Waals surface area contributed by atoms with Gasteiger partial charge < -0.3 is 20.4 Å². The first kappa shape index (κ1) is 22.2. The third-order valence-corrected chi connectivity index (χ3v) is 2.85. The summed E-state index contributed by atoms with van der Waals surface area (Å²) in [5, 5.41) is 19.0. The molecule has 24 heavy (non-hydrogen) atoms. The summed E-state index contributed by atoms with van der Waals surface area (Å²) in [7, 11) is -0.250. The van der Waals surface area contributed by atoms with Crippen molar-refractivity contribution in [1.29, 1.82) is 10.8 Å². The van der Waals surface area contributed by atoms with Gasteiger partial charge in [0, 0.05) is 26.0 Å². The van der Waals surface area contributed by atoms with Gasteiger partial charge in [-0.1, -0.05) is 19.4 Å². The number of unbranched alkanes of at least 4 members (excludes halogenated alkanes) is 1. The lowest BCUT2D eigenvalue weighted by Gasteiger charge is -2.18.